The first-order chi connectivity index (χ1) is 10.6. The summed E-state index contributed by atoms with van der Waals surface area (Å²) in [6, 6.07) is 11.6. The van der Waals surface area contributed by atoms with Crippen molar-refractivity contribution in [2.75, 3.05) is 6.54 Å². The fourth-order valence-corrected chi connectivity index (χ4v) is 2.71. The molecule has 2 N–H and O–H groups in total. The second-order valence-electron chi connectivity index (χ2n) is 5.04. The highest BCUT2D eigenvalue weighted by Gasteiger charge is 2.12. The minimum Gasteiger partial charge on any atom is -0.348 e. The summed E-state index contributed by atoms with van der Waals surface area (Å²) in [5.74, 6) is -0.415. The van der Waals surface area contributed by atoms with Crippen LogP contribution in [0, 0.1) is 0 Å². The van der Waals surface area contributed by atoms with Crippen LogP contribution >= 0.6 is 11.3 Å². The van der Waals surface area contributed by atoms with Crippen molar-refractivity contribution >= 4 is 23.2 Å². The predicted molar refractivity (Wildman–Crippen MR) is 89.0 cm³/mol. The summed E-state index contributed by atoms with van der Waals surface area (Å²) >= 11 is 1.35. The SMILES string of the molecule is CCc1ccc([C@H](C)NC(=O)CNC(=O)c2cccs2)cc1. The number of benzene rings is 1. The van der Waals surface area contributed by atoms with Gasteiger partial charge in [0.25, 0.3) is 5.91 Å². The van der Waals surface area contributed by atoms with E-state index in [2.05, 4.69) is 29.7 Å². The molecule has 2 amide bonds. The molecule has 2 aromatic rings. The summed E-state index contributed by atoms with van der Waals surface area (Å²) in [6.07, 6.45) is 0.996. The Morgan fingerprint density at radius 1 is 1.18 bits per heavy atom. The normalized spacial score (nSPS) is 11.7. The zero-order valence-electron chi connectivity index (χ0n) is 12.8. The van der Waals surface area contributed by atoms with Gasteiger partial charge in [-0.1, -0.05) is 37.3 Å². The number of aryl methyl sites for hydroxylation is 1. The number of carbonyl (C=O) groups is 2. The van der Waals surface area contributed by atoms with Gasteiger partial charge in [0, 0.05) is 0 Å². The van der Waals surface area contributed by atoms with Gasteiger partial charge >= 0.3 is 0 Å². The minimum atomic E-state index is -0.217. The lowest BCUT2D eigenvalue weighted by Gasteiger charge is -2.15. The van der Waals surface area contributed by atoms with Gasteiger partial charge in [-0.25, -0.2) is 0 Å². The quantitative estimate of drug-likeness (QED) is 0.861. The fourth-order valence-electron chi connectivity index (χ4n) is 2.07. The van der Waals surface area contributed by atoms with E-state index in [9.17, 15) is 9.59 Å². The van der Waals surface area contributed by atoms with Crippen molar-refractivity contribution in [3.63, 3.8) is 0 Å². The van der Waals surface area contributed by atoms with Gasteiger partial charge in [-0.05, 0) is 35.9 Å². The minimum absolute atomic E-state index is 0.0197. The molecule has 0 saturated carbocycles. The topological polar surface area (TPSA) is 58.2 Å². The summed E-state index contributed by atoms with van der Waals surface area (Å²) in [6.45, 7) is 4.02. The Balaban J connectivity index is 1.81. The van der Waals surface area contributed by atoms with Gasteiger partial charge in [-0.2, -0.15) is 0 Å². The zero-order valence-corrected chi connectivity index (χ0v) is 13.6. The van der Waals surface area contributed by atoms with E-state index in [1.165, 1.54) is 16.9 Å². The van der Waals surface area contributed by atoms with E-state index in [1.54, 1.807) is 6.07 Å². The lowest BCUT2D eigenvalue weighted by atomic mass is 10.1. The molecular weight excluding hydrogens is 296 g/mol. The van der Waals surface area contributed by atoms with Crippen LogP contribution in [0.5, 0.6) is 0 Å². The molecule has 1 aromatic heterocycles. The van der Waals surface area contributed by atoms with Crippen LogP contribution in [0.2, 0.25) is 0 Å². The number of thiophene rings is 1. The number of nitrogens with one attached hydrogen (secondary N) is 2. The maximum atomic E-state index is 11.9. The third kappa shape index (κ3) is 4.43. The number of rotatable bonds is 6. The van der Waals surface area contributed by atoms with Gasteiger partial charge in [0.1, 0.15) is 0 Å². The number of carbonyl (C=O) groups excluding carboxylic acids is 2. The molecule has 0 aliphatic carbocycles. The first-order valence-electron chi connectivity index (χ1n) is 7.30. The Morgan fingerprint density at radius 3 is 2.50 bits per heavy atom. The molecule has 22 heavy (non-hydrogen) atoms. The molecule has 4 nitrogen and oxygen atoms in total. The van der Waals surface area contributed by atoms with Gasteiger partial charge < -0.3 is 10.6 Å². The summed E-state index contributed by atoms with van der Waals surface area (Å²) in [5, 5.41) is 7.33. The second-order valence-corrected chi connectivity index (χ2v) is 5.99. The standard InChI is InChI=1S/C17H20N2O2S/c1-3-13-6-8-14(9-7-13)12(2)19-16(20)11-18-17(21)15-5-4-10-22-15/h4-10,12H,3,11H2,1-2H3,(H,18,21)(H,19,20)/t12-/m0/s1. The van der Waals surface area contributed by atoms with Crippen molar-refractivity contribution in [2.45, 2.75) is 26.3 Å². The molecule has 0 saturated heterocycles. The molecule has 1 aromatic carbocycles. The molecule has 2 rings (SSSR count). The molecule has 0 unspecified atom stereocenters. The van der Waals surface area contributed by atoms with E-state index < -0.39 is 0 Å². The molecule has 0 aliphatic heterocycles. The van der Waals surface area contributed by atoms with E-state index in [0.29, 0.717) is 4.88 Å². The van der Waals surface area contributed by atoms with E-state index in [-0.39, 0.29) is 24.4 Å². The van der Waals surface area contributed by atoms with Crippen molar-refractivity contribution in [2.24, 2.45) is 0 Å². The molecule has 1 heterocycles. The van der Waals surface area contributed by atoms with Crippen molar-refractivity contribution in [3.05, 3.63) is 57.8 Å². The van der Waals surface area contributed by atoms with Crippen LogP contribution in [0.15, 0.2) is 41.8 Å². The highest BCUT2D eigenvalue weighted by atomic mass is 32.1. The Bertz CT molecular complexity index is 621. The van der Waals surface area contributed by atoms with Crippen LogP contribution in [0.4, 0.5) is 0 Å². The first-order valence-corrected chi connectivity index (χ1v) is 8.18. The molecule has 5 heteroatoms. The van der Waals surface area contributed by atoms with Crippen molar-refractivity contribution < 1.29 is 9.59 Å². The van der Waals surface area contributed by atoms with E-state index in [4.69, 9.17) is 0 Å². The molecule has 116 valence electrons. The monoisotopic (exact) mass is 316 g/mol. The van der Waals surface area contributed by atoms with E-state index >= 15 is 0 Å². The largest absolute Gasteiger partial charge is 0.348 e. The zero-order chi connectivity index (χ0) is 15.9. The number of hydrogen-bond donors (Lipinski definition) is 2. The van der Waals surface area contributed by atoms with Crippen LogP contribution in [-0.2, 0) is 11.2 Å². The second kappa shape index (κ2) is 7.75. The average molecular weight is 316 g/mol. The molecule has 0 bridgehead atoms. The van der Waals surface area contributed by atoms with E-state index in [0.717, 1.165) is 12.0 Å². The Hall–Kier alpha value is -2.14. The average Bonchev–Trinajstić information content (AvgIpc) is 3.07. The van der Waals surface area contributed by atoms with Gasteiger partial charge in [0.2, 0.25) is 5.91 Å². The Morgan fingerprint density at radius 2 is 1.91 bits per heavy atom. The first kappa shape index (κ1) is 16.2. The summed E-state index contributed by atoms with van der Waals surface area (Å²) in [4.78, 5) is 24.3. The Kier molecular flexibility index (Phi) is 5.72. The summed E-state index contributed by atoms with van der Waals surface area (Å²) < 4.78 is 0. The Labute approximate surface area is 134 Å². The maximum absolute atomic E-state index is 11.9. The van der Waals surface area contributed by atoms with Crippen LogP contribution in [0.1, 0.15) is 40.7 Å². The fraction of sp³-hybridized carbons (Fsp3) is 0.294. The highest BCUT2D eigenvalue weighted by molar-refractivity contribution is 7.12. The lowest BCUT2D eigenvalue weighted by molar-refractivity contribution is -0.120. The lowest BCUT2D eigenvalue weighted by Crippen LogP contribution is -2.37. The number of hydrogen-bond acceptors (Lipinski definition) is 3. The molecule has 0 spiro atoms. The summed E-state index contributed by atoms with van der Waals surface area (Å²) in [7, 11) is 0. The smallest absolute Gasteiger partial charge is 0.261 e. The molecular formula is C17H20N2O2S. The van der Waals surface area contributed by atoms with E-state index in [1.807, 2.05) is 30.5 Å². The molecule has 0 aliphatic rings. The summed E-state index contributed by atoms with van der Waals surface area (Å²) in [5.41, 5.74) is 2.32. The highest BCUT2D eigenvalue weighted by Crippen LogP contribution is 2.13. The van der Waals surface area contributed by atoms with Crippen LogP contribution < -0.4 is 10.6 Å². The van der Waals surface area contributed by atoms with Gasteiger partial charge in [0.05, 0.1) is 17.5 Å². The van der Waals surface area contributed by atoms with Crippen molar-refractivity contribution in [3.8, 4) is 0 Å². The van der Waals surface area contributed by atoms with Gasteiger partial charge in [-0.15, -0.1) is 11.3 Å². The predicted octanol–water partition coefficient (Wildman–Crippen LogP) is 2.92. The van der Waals surface area contributed by atoms with Crippen LogP contribution in [-0.4, -0.2) is 18.4 Å². The van der Waals surface area contributed by atoms with Crippen molar-refractivity contribution in [1.82, 2.24) is 10.6 Å². The maximum Gasteiger partial charge on any atom is 0.261 e. The van der Waals surface area contributed by atoms with Crippen LogP contribution in [0.3, 0.4) is 0 Å². The molecule has 1 atom stereocenters. The van der Waals surface area contributed by atoms with Gasteiger partial charge in [0.15, 0.2) is 0 Å². The van der Waals surface area contributed by atoms with Crippen molar-refractivity contribution in [1.29, 1.82) is 0 Å². The third-order valence-corrected chi connectivity index (χ3v) is 4.29. The van der Waals surface area contributed by atoms with Crippen LogP contribution in [0.25, 0.3) is 0 Å². The number of amides is 2. The molecule has 0 radical (unpaired) electrons. The third-order valence-electron chi connectivity index (χ3n) is 3.42. The van der Waals surface area contributed by atoms with Gasteiger partial charge in [-0.3, -0.25) is 9.59 Å². The molecule has 0 fully saturated rings.